The van der Waals surface area contributed by atoms with Crippen molar-refractivity contribution in [3.63, 3.8) is 0 Å². The molecule has 0 aliphatic carbocycles. The fourth-order valence-corrected chi connectivity index (χ4v) is 2.82. The summed E-state index contributed by atoms with van der Waals surface area (Å²) in [5.41, 5.74) is 5.68. The SMILES string of the molecule is C[C@@H](CN)NC(=O)C1(C)CCCN(C(=O)c2ccccc2)C1.Cl. The summed E-state index contributed by atoms with van der Waals surface area (Å²) >= 11 is 0. The summed E-state index contributed by atoms with van der Waals surface area (Å²) < 4.78 is 0. The second-order valence-electron chi connectivity index (χ2n) is 6.37. The molecular weight excluding hydrogens is 314 g/mol. The summed E-state index contributed by atoms with van der Waals surface area (Å²) in [6.45, 7) is 5.37. The molecule has 5 nitrogen and oxygen atoms in total. The Hall–Kier alpha value is -1.59. The number of halogens is 1. The van der Waals surface area contributed by atoms with E-state index >= 15 is 0 Å². The third kappa shape index (κ3) is 4.69. The zero-order chi connectivity index (χ0) is 16.2. The summed E-state index contributed by atoms with van der Waals surface area (Å²) in [6, 6.07) is 9.16. The molecule has 6 heteroatoms. The molecule has 1 aromatic rings. The molecule has 1 aliphatic rings. The Morgan fingerprint density at radius 2 is 2.00 bits per heavy atom. The van der Waals surface area contributed by atoms with Crippen molar-refractivity contribution in [3.8, 4) is 0 Å². The topological polar surface area (TPSA) is 75.4 Å². The molecule has 0 spiro atoms. The van der Waals surface area contributed by atoms with Gasteiger partial charge in [-0.15, -0.1) is 12.4 Å². The number of piperidine rings is 1. The molecule has 1 aromatic carbocycles. The molecule has 23 heavy (non-hydrogen) atoms. The highest BCUT2D eigenvalue weighted by Gasteiger charge is 2.39. The van der Waals surface area contributed by atoms with Crippen molar-refractivity contribution in [2.45, 2.75) is 32.7 Å². The van der Waals surface area contributed by atoms with Crippen LogP contribution in [-0.4, -0.2) is 42.4 Å². The van der Waals surface area contributed by atoms with Crippen LogP contribution in [0.3, 0.4) is 0 Å². The summed E-state index contributed by atoms with van der Waals surface area (Å²) in [6.07, 6.45) is 1.62. The van der Waals surface area contributed by atoms with E-state index in [9.17, 15) is 9.59 Å². The van der Waals surface area contributed by atoms with Crippen LogP contribution in [0.4, 0.5) is 0 Å². The first-order valence-corrected chi connectivity index (χ1v) is 7.81. The Balaban J connectivity index is 0.00000264. The average Bonchev–Trinajstić information content (AvgIpc) is 2.54. The zero-order valence-corrected chi connectivity index (χ0v) is 14.6. The maximum Gasteiger partial charge on any atom is 0.253 e. The van der Waals surface area contributed by atoms with Crippen LogP contribution < -0.4 is 11.1 Å². The standard InChI is InChI=1S/C17H25N3O2.ClH/c1-13(11-18)19-16(22)17(2)9-6-10-20(12-17)15(21)14-7-4-3-5-8-14;/h3-5,7-8,13H,6,9-12,18H2,1-2H3,(H,19,22);1H/t13-,17?;/m0./s1. The largest absolute Gasteiger partial charge is 0.352 e. The highest BCUT2D eigenvalue weighted by atomic mass is 35.5. The average molecular weight is 340 g/mol. The summed E-state index contributed by atoms with van der Waals surface area (Å²) in [7, 11) is 0. The van der Waals surface area contributed by atoms with Crippen molar-refractivity contribution in [2.75, 3.05) is 19.6 Å². The molecule has 0 radical (unpaired) electrons. The lowest BCUT2D eigenvalue weighted by Crippen LogP contribution is -2.54. The van der Waals surface area contributed by atoms with E-state index < -0.39 is 5.41 Å². The second kappa shape index (κ2) is 8.31. The molecule has 0 bridgehead atoms. The number of rotatable bonds is 4. The van der Waals surface area contributed by atoms with Gasteiger partial charge in [-0.25, -0.2) is 0 Å². The van der Waals surface area contributed by atoms with Gasteiger partial charge in [-0.05, 0) is 38.8 Å². The number of benzene rings is 1. The number of hydrogen-bond donors (Lipinski definition) is 2. The smallest absolute Gasteiger partial charge is 0.253 e. The minimum atomic E-state index is -0.549. The van der Waals surface area contributed by atoms with Gasteiger partial charge in [0.05, 0.1) is 5.41 Å². The summed E-state index contributed by atoms with van der Waals surface area (Å²) in [4.78, 5) is 26.8. The van der Waals surface area contributed by atoms with Gasteiger partial charge >= 0.3 is 0 Å². The van der Waals surface area contributed by atoms with Gasteiger partial charge in [-0.1, -0.05) is 18.2 Å². The number of nitrogens with two attached hydrogens (primary N) is 1. The lowest BCUT2D eigenvalue weighted by atomic mass is 9.80. The van der Waals surface area contributed by atoms with Gasteiger partial charge in [-0.2, -0.15) is 0 Å². The van der Waals surface area contributed by atoms with E-state index in [0.29, 0.717) is 25.2 Å². The van der Waals surface area contributed by atoms with Crippen molar-refractivity contribution in [1.82, 2.24) is 10.2 Å². The molecular formula is C17H26ClN3O2. The van der Waals surface area contributed by atoms with Gasteiger partial charge in [0.15, 0.2) is 0 Å². The molecule has 2 amide bonds. The van der Waals surface area contributed by atoms with E-state index in [1.54, 1.807) is 4.90 Å². The summed E-state index contributed by atoms with van der Waals surface area (Å²) in [5.74, 6) is -0.0257. The van der Waals surface area contributed by atoms with E-state index in [1.165, 1.54) is 0 Å². The van der Waals surface area contributed by atoms with E-state index in [4.69, 9.17) is 5.73 Å². The highest BCUT2D eigenvalue weighted by molar-refractivity contribution is 5.95. The number of amides is 2. The van der Waals surface area contributed by atoms with Crippen molar-refractivity contribution in [2.24, 2.45) is 11.1 Å². The lowest BCUT2D eigenvalue weighted by Gasteiger charge is -2.39. The number of nitrogens with one attached hydrogen (secondary N) is 1. The molecule has 0 saturated carbocycles. The Morgan fingerprint density at radius 3 is 2.61 bits per heavy atom. The normalized spacial score (nSPS) is 22.0. The van der Waals surface area contributed by atoms with Crippen molar-refractivity contribution >= 4 is 24.2 Å². The Kier molecular flexibility index (Phi) is 7.03. The quantitative estimate of drug-likeness (QED) is 0.878. The number of carbonyl (C=O) groups excluding carboxylic acids is 2. The number of nitrogens with zero attached hydrogens (tertiary/aromatic N) is 1. The fourth-order valence-electron chi connectivity index (χ4n) is 2.82. The van der Waals surface area contributed by atoms with Crippen LogP contribution in [0.25, 0.3) is 0 Å². The van der Waals surface area contributed by atoms with Crippen LogP contribution in [0.5, 0.6) is 0 Å². The molecule has 1 aliphatic heterocycles. The van der Waals surface area contributed by atoms with E-state index in [2.05, 4.69) is 5.32 Å². The Morgan fingerprint density at radius 1 is 1.35 bits per heavy atom. The van der Waals surface area contributed by atoms with Crippen LogP contribution in [0.1, 0.15) is 37.0 Å². The first-order valence-electron chi connectivity index (χ1n) is 7.81. The molecule has 0 aromatic heterocycles. The van der Waals surface area contributed by atoms with Crippen molar-refractivity contribution in [3.05, 3.63) is 35.9 Å². The Labute approximate surface area is 144 Å². The van der Waals surface area contributed by atoms with Crippen molar-refractivity contribution < 1.29 is 9.59 Å². The predicted molar refractivity (Wildman–Crippen MR) is 93.6 cm³/mol. The van der Waals surface area contributed by atoms with Gasteiger partial charge in [0.1, 0.15) is 0 Å². The highest BCUT2D eigenvalue weighted by Crippen LogP contribution is 2.30. The number of carbonyl (C=O) groups is 2. The number of likely N-dealkylation sites (tertiary alicyclic amines) is 1. The molecule has 2 rings (SSSR count). The lowest BCUT2D eigenvalue weighted by molar-refractivity contribution is -0.133. The molecule has 1 saturated heterocycles. The van der Waals surface area contributed by atoms with Crippen LogP contribution in [0.15, 0.2) is 30.3 Å². The van der Waals surface area contributed by atoms with Gasteiger partial charge in [0, 0.05) is 31.2 Å². The molecule has 1 unspecified atom stereocenters. The second-order valence-corrected chi connectivity index (χ2v) is 6.37. The first-order chi connectivity index (χ1) is 10.5. The van der Waals surface area contributed by atoms with E-state index in [-0.39, 0.29) is 30.3 Å². The van der Waals surface area contributed by atoms with Crippen molar-refractivity contribution in [1.29, 1.82) is 0 Å². The van der Waals surface area contributed by atoms with Gasteiger partial charge in [0.25, 0.3) is 5.91 Å². The predicted octanol–water partition coefficient (Wildman–Crippen LogP) is 1.81. The first kappa shape index (κ1) is 19.5. The Bertz CT molecular complexity index is 538. The van der Waals surface area contributed by atoms with Gasteiger partial charge in [0.2, 0.25) is 5.91 Å². The van der Waals surface area contributed by atoms with E-state index in [0.717, 1.165) is 12.8 Å². The van der Waals surface area contributed by atoms with E-state index in [1.807, 2.05) is 44.2 Å². The third-order valence-corrected chi connectivity index (χ3v) is 4.28. The maximum atomic E-state index is 12.6. The zero-order valence-electron chi connectivity index (χ0n) is 13.7. The van der Waals surface area contributed by atoms with Gasteiger partial charge in [-0.3, -0.25) is 9.59 Å². The maximum absolute atomic E-state index is 12.6. The molecule has 2 atom stereocenters. The third-order valence-electron chi connectivity index (χ3n) is 4.28. The summed E-state index contributed by atoms with van der Waals surface area (Å²) in [5, 5.41) is 2.94. The number of hydrogen-bond acceptors (Lipinski definition) is 3. The molecule has 1 heterocycles. The molecule has 3 N–H and O–H groups in total. The van der Waals surface area contributed by atoms with Crippen LogP contribution in [-0.2, 0) is 4.79 Å². The monoisotopic (exact) mass is 339 g/mol. The minimum absolute atomic E-state index is 0. The van der Waals surface area contributed by atoms with Crippen LogP contribution >= 0.6 is 12.4 Å². The van der Waals surface area contributed by atoms with Gasteiger partial charge < -0.3 is 16.0 Å². The van der Waals surface area contributed by atoms with Crippen LogP contribution in [0, 0.1) is 5.41 Å². The minimum Gasteiger partial charge on any atom is -0.352 e. The van der Waals surface area contributed by atoms with Crippen LogP contribution in [0.2, 0.25) is 0 Å². The fraction of sp³-hybridized carbons (Fsp3) is 0.529. The molecule has 1 fully saturated rings. The molecule has 128 valence electrons.